The van der Waals surface area contributed by atoms with Gasteiger partial charge in [0.2, 0.25) is 0 Å². The van der Waals surface area contributed by atoms with E-state index >= 15 is 0 Å². The molecular formula is C16H25Cl. The monoisotopic (exact) mass is 252 g/mol. The van der Waals surface area contributed by atoms with Crippen LogP contribution in [0.1, 0.15) is 51.7 Å². The largest absolute Gasteiger partial charge is 0.122 e. The van der Waals surface area contributed by atoms with Crippen LogP contribution in [0.2, 0.25) is 0 Å². The van der Waals surface area contributed by atoms with Crippen LogP contribution < -0.4 is 0 Å². The van der Waals surface area contributed by atoms with Crippen LogP contribution in [0.4, 0.5) is 0 Å². The van der Waals surface area contributed by atoms with Crippen LogP contribution in [0.5, 0.6) is 0 Å². The molecular weight excluding hydrogens is 228 g/mol. The van der Waals surface area contributed by atoms with E-state index in [2.05, 4.69) is 52.0 Å². The number of hydrogen-bond donors (Lipinski definition) is 0. The van der Waals surface area contributed by atoms with E-state index < -0.39 is 0 Å². The van der Waals surface area contributed by atoms with Crippen LogP contribution in [0.25, 0.3) is 0 Å². The second-order valence-electron chi connectivity index (χ2n) is 5.94. The lowest BCUT2D eigenvalue weighted by atomic mass is 9.88. The van der Waals surface area contributed by atoms with Gasteiger partial charge in [0.05, 0.1) is 0 Å². The van der Waals surface area contributed by atoms with Crippen molar-refractivity contribution >= 4 is 11.6 Å². The summed E-state index contributed by atoms with van der Waals surface area (Å²) in [7, 11) is 0. The van der Waals surface area contributed by atoms with Crippen LogP contribution in [-0.4, -0.2) is 5.38 Å². The predicted octanol–water partition coefficient (Wildman–Crippen LogP) is 5.23. The summed E-state index contributed by atoms with van der Waals surface area (Å²) in [6.07, 6.45) is 4.53. The maximum Gasteiger partial charge on any atom is 0.0387 e. The molecule has 96 valence electrons. The molecule has 0 saturated heterocycles. The molecule has 0 aliphatic carbocycles. The van der Waals surface area contributed by atoms with Gasteiger partial charge in [0.15, 0.2) is 0 Å². The summed E-state index contributed by atoms with van der Waals surface area (Å²) in [5.41, 5.74) is 3.04. The molecule has 0 aliphatic rings. The minimum Gasteiger partial charge on any atom is -0.122 e. The number of halogens is 1. The van der Waals surface area contributed by atoms with Crippen molar-refractivity contribution in [3.05, 3.63) is 35.4 Å². The van der Waals surface area contributed by atoms with Gasteiger partial charge in [0.1, 0.15) is 0 Å². The topological polar surface area (TPSA) is 0 Å². The summed E-state index contributed by atoms with van der Waals surface area (Å²) < 4.78 is 0. The highest BCUT2D eigenvalue weighted by atomic mass is 35.5. The van der Waals surface area contributed by atoms with Crippen LogP contribution in [0, 0.1) is 5.41 Å². The number of rotatable bonds is 5. The Labute approximate surface area is 111 Å². The highest BCUT2D eigenvalue weighted by Gasteiger charge is 2.21. The molecule has 1 aromatic carbocycles. The van der Waals surface area contributed by atoms with Gasteiger partial charge in [-0.05, 0) is 35.8 Å². The summed E-state index contributed by atoms with van der Waals surface area (Å²) in [4.78, 5) is 0. The molecule has 0 heterocycles. The van der Waals surface area contributed by atoms with Crippen LogP contribution in [-0.2, 0) is 12.8 Å². The van der Waals surface area contributed by atoms with Gasteiger partial charge >= 0.3 is 0 Å². The Kier molecular flexibility index (Phi) is 5.52. The van der Waals surface area contributed by atoms with Crippen molar-refractivity contribution < 1.29 is 0 Å². The molecule has 0 N–H and O–H groups in total. The third kappa shape index (κ3) is 5.12. The van der Waals surface area contributed by atoms with E-state index in [4.69, 9.17) is 11.6 Å². The molecule has 1 heteroatoms. The first-order valence-corrected chi connectivity index (χ1v) is 7.09. The molecule has 0 radical (unpaired) electrons. The third-order valence-corrected chi connectivity index (χ3v) is 4.06. The third-order valence-electron chi connectivity index (χ3n) is 3.19. The predicted molar refractivity (Wildman–Crippen MR) is 77.9 cm³/mol. The molecule has 1 unspecified atom stereocenters. The second-order valence-corrected chi connectivity index (χ2v) is 6.47. The minimum atomic E-state index is 0.198. The van der Waals surface area contributed by atoms with E-state index in [0.717, 1.165) is 12.8 Å². The minimum absolute atomic E-state index is 0.198. The summed E-state index contributed by atoms with van der Waals surface area (Å²) in [5, 5.41) is 0.248. The fourth-order valence-corrected chi connectivity index (χ4v) is 2.00. The standard InChI is InChI=1S/C16H25Cl/c1-5-6-13-7-9-14(10-8-13)11-12-15(17)16(2,3)4/h7-10,15H,5-6,11-12H2,1-4H3. The van der Waals surface area contributed by atoms with Gasteiger partial charge in [-0.3, -0.25) is 0 Å². The van der Waals surface area contributed by atoms with Crippen molar-refractivity contribution in [2.75, 3.05) is 0 Å². The van der Waals surface area contributed by atoms with E-state index in [1.165, 1.54) is 24.0 Å². The van der Waals surface area contributed by atoms with Gasteiger partial charge < -0.3 is 0 Å². The van der Waals surface area contributed by atoms with Gasteiger partial charge in [0.25, 0.3) is 0 Å². The van der Waals surface area contributed by atoms with E-state index in [-0.39, 0.29) is 10.8 Å². The fourth-order valence-electron chi connectivity index (χ4n) is 1.89. The van der Waals surface area contributed by atoms with E-state index in [1.807, 2.05) is 0 Å². The summed E-state index contributed by atoms with van der Waals surface area (Å²) in [6, 6.07) is 8.99. The Morgan fingerprint density at radius 2 is 1.47 bits per heavy atom. The van der Waals surface area contributed by atoms with Gasteiger partial charge in [-0.15, -0.1) is 11.6 Å². The number of hydrogen-bond acceptors (Lipinski definition) is 0. The lowest BCUT2D eigenvalue weighted by Gasteiger charge is -2.25. The van der Waals surface area contributed by atoms with Crippen LogP contribution in [0.15, 0.2) is 24.3 Å². The van der Waals surface area contributed by atoms with Crippen molar-refractivity contribution in [1.82, 2.24) is 0 Å². The Balaban J connectivity index is 2.47. The first kappa shape index (κ1) is 14.6. The van der Waals surface area contributed by atoms with Gasteiger partial charge in [0, 0.05) is 5.38 Å². The molecule has 1 atom stereocenters. The lowest BCUT2D eigenvalue weighted by molar-refractivity contribution is 0.374. The summed E-state index contributed by atoms with van der Waals surface area (Å²) in [5.74, 6) is 0. The fraction of sp³-hybridized carbons (Fsp3) is 0.625. The zero-order valence-electron chi connectivity index (χ0n) is 11.6. The van der Waals surface area contributed by atoms with E-state index in [0.29, 0.717) is 0 Å². The number of aryl methyl sites for hydroxylation is 2. The number of benzene rings is 1. The Bertz CT molecular complexity index is 318. The van der Waals surface area contributed by atoms with Gasteiger partial charge in [-0.1, -0.05) is 58.4 Å². The van der Waals surface area contributed by atoms with Crippen molar-refractivity contribution in [1.29, 1.82) is 0 Å². The van der Waals surface area contributed by atoms with Crippen LogP contribution in [0.3, 0.4) is 0 Å². The Hall–Kier alpha value is -0.490. The van der Waals surface area contributed by atoms with Crippen molar-refractivity contribution in [3.63, 3.8) is 0 Å². The van der Waals surface area contributed by atoms with Crippen molar-refractivity contribution in [2.45, 2.75) is 58.8 Å². The molecule has 0 saturated carbocycles. The highest BCUT2D eigenvalue weighted by Crippen LogP contribution is 2.28. The smallest absolute Gasteiger partial charge is 0.0387 e. The molecule has 0 nitrogen and oxygen atoms in total. The maximum atomic E-state index is 6.39. The average Bonchev–Trinajstić information content (AvgIpc) is 2.27. The normalized spacial score (nSPS) is 13.7. The molecule has 0 fully saturated rings. The molecule has 0 aromatic heterocycles. The second kappa shape index (κ2) is 6.44. The highest BCUT2D eigenvalue weighted by molar-refractivity contribution is 6.21. The van der Waals surface area contributed by atoms with E-state index in [9.17, 15) is 0 Å². The Morgan fingerprint density at radius 1 is 1.00 bits per heavy atom. The van der Waals surface area contributed by atoms with E-state index in [1.54, 1.807) is 0 Å². The maximum absolute atomic E-state index is 6.39. The quantitative estimate of drug-likeness (QED) is 0.630. The Morgan fingerprint density at radius 3 is 1.88 bits per heavy atom. The van der Waals surface area contributed by atoms with Crippen molar-refractivity contribution in [3.8, 4) is 0 Å². The molecule has 1 rings (SSSR count). The van der Waals surface area contributed by atoms with Crippen LogP contribution >= 0.6 is 11.6 Å². The molecule has 0 bridgehead atoms. The molecule has 1 aromatic rings. The van der Waals surface area contributed by atoms with Crippen molar-refractivity contribution in [2.24, 2.45) is 5.41 Å². The number of alkyl halides is 1. The zero-order chi connectivity index (χ0) is 12.9. The lowest BCUT2D eigenvalue weighted by Crippen LogP contribution is -2.21. The first-order chi connectivity index (χ1) is 7.93. The molecule has 0 spiro atoms. The van der Waals surface area contributed by atoms with Gasteiger partial charge in [-0.25, -0.2) is 0 Å². The summed E-state index contributed by atoms with van der Waals surface area (Å²) >= 11 is 6.39. The van der Waals surface area contributed by atoms with Gasteiger partial charge in [-0.2, -0.15) is 0 Å². The molecule has 0 aliphatic heterocycles. The molecule has 17 heavy (non-hydrogen) atoms. The average molecular weight is 253 g/mol. The molecule has 0 amide bonds. The SMILES string of the molecule is CCCc1ccc(CCC(Cl)C(C)(C)C)cc1. The zero-order valence-corrected chi connectivity index (χ0v) is 12.3. The first-order valence-electron chi connectivity index (χ1n) is 6.65. The summed E-state index contributed by atoms with van der Waals surface area (Å²) in [6.45, 7) is 8.83.